The fourth-order valence-electron chi connectivity index (χ4n) is 6.14. The molecule has 2 saturated carbocycles. The number of nitrogens with zero attached hydrogens (tertiary/aromatic N) is 2. The maximum atomic E-state index is 11.0. The SMILES string of the molecule is [C-]#[N+][C@H]1[C@@H]2[C@@H](CC[C@]1(C)O)[C@](C)(N=C=S)CC[C@H]2[C@]1(C)CC[C@H](C(=C)C)O1. The van der Waals surface area contributed by atoms with Crippen LogP contribution in [-0.4, -0.2) is 39.2 Å². The fraction of sp³-hybridized carbons (Fsp3) is 0.818. The quantitative estimate of drug-likeness (QED) is 0.326. The van der Waals surface area contributed by atoms with E-state index in [0.717, 1.165) is 37.7 Å². The van der Waals surface area contributed by atoms with Gasteiger partial charge in [0, 0.05) is 5.92 Å². The number of isothiocyanates is 1. The molecular formula is C22H32N2O2S. The third-order valence-electron chi connectivity index (χ3n) is 7.74. The summed E-state index contributed by atoms with van der Waals surface area (Å²) in [5.74, 6) is 0.493. The van der Waals surface area contributed by atoms with E-state index in [2.05, 4.69) is 35.4 Å². The molecule has 0 unspecified atom stereocenters. The molecule has 1 aliphatic heterocycles. The van der Waals surface area contributed by atoms with Gasteiger partial charge in [0.25, 0.3) is 6.04 Å². The Balaban J connectivity index is 2.02. The molecule has 0 aromatic carbocycles. The molecule has 8 atom stereocenters. The summed E-state index contributed by atoms with van der Waals surface area (Å²) in [4.78, 5) is 8.52. The van der Waals surface area contributed by atoms with Crippen LogP contribution in [-0.2, 0) is 4.74 Å². The number of hydrogen-bond donors (Lipinski definition) is 1. The first kappa shape index (κ1) is 20.7. The zero-order valence-electron chi connectivity index (χ0n) is 17.0. The monoisotopic (exact) mass is 388 g/mol. The molecule has 4 nitrogen and oxygen atoms in total. The highest BCUT2D eigenvalue weighted by atomic mass is 32.1. The van der Waals surface area contributed by atoms with Crippen molar-refractivity contribution in [1.29, 1.82) is 0 Å². The molecule has 5 heteroatoms. The van der Waals surface area contributed by atoms with Gasteiger partial charge in [-0.15, -0.1) is 0 Å². The molecule has 3 fully saturated rings. The van der Waals surface area contributed by atoms with E-state index in [0.29, 0.717) is 6.42 Å². The predicted molar refractivity (Wildman–Crippen MR) is 111 cm³/mol. The van der Waals surface area contributed by atoms with Crippen molar-refractivity contribution in [3.63, 3.8) is 0 Å². The summed E-state index contributed by atoms with van der Waals surface area (Å²) in [5, 5.41) is 13.6. The number of hydrogen-bond acceptors (Lipinski definition) is 4. The van der Waals surface area contributed by atoms with Crippen molar-refractivity contribution in [2.75, 3.05) is 0 Å². The van der Waals surface area contributed by atoms with Gasteiger partial charge in [-0.1, -0.05) is 12.2 Å². The second-order valence-electron chi connectivity index (χ2n) is 9.66. The lowest BCUT2D eigenvalue weighted by molar-refractivity contribution is -0.141. The largest absolute Gasteiger partial charge is 0.382 e. The molecule has 148 valence electrons. The van der Waals surface area contributed by atoms with Crippen LogP contribution >= 0.6 is 12.2 Å². The maximum Gasteiger partial charge on any atom is 0.255 e. The third kappa shape index (κ3) is 3.42. The van der Waals surface area contributed by atoms with Crippen molar-refractivity contribution in [3.05, 3.63) is 23.6 Å². The van der Waals surface area contributed by atoms with Gasteiger partial charge in [0.2, 0.25) is 0 Å². The summed E-state index contributed by atoms with van der Waals surface area (Å²) in [5.41, 5.74) is -0.487. The lowest BCUT2D eigenvalue weighted by Gasteiger charge is -2.55. The summed E-state index contributed by atoms with van der Waals surface area (Å²) in [6.07, 6.45) is 5.38. The van der Waals surface area contributed by atoms with Crippen LogP contribution in [0.25, 0.3) is 4.85 Å². The van der Waals surface area contributed by atoms with Crippen LogP contribution in [0.4, 0.5) is 0 Å². The minimum Gasteiger partial charge on any atom is -0.382 e. The number of aliphatic imine (C=N–C) groups is 1. The van der Waals surface area contributed by atoms with Gasteiger partial charge in [0.15, 0.2) is 0 Å². The van der Waals surface area contributed by atoms with E-state index in [-0.39, 0.29) is 35.0 Å². The Hall–Kier alpha value is -1.05. The number of rotatable bonds is 3. The van der Waals surface area contributed by atoms with E-state index in [9.17, 15) is 5.11 Å². The molecule has 2 aliphatic carbocycles. The minimum absolute atomic E-state index is 0.0472. The molecule has 0 radical (unpaired) electrons. The second kappa shape index (κ2) is 7.08. The first-order valence-corrected chi connectivity index (χ1v) is 10.5. The third-order valence-corrected chi connectivity index (χ3v) is 7.83. The highest BCUT2D eigenvalue weighted by Gasteiger charge is 2.63. The predicted octanol–water partition coefficient (Wildman–Crippen LogP) is 4.84. The lowest BCUT2D eigenvalue weighted by Crippen LogP contribution is -2.62. The molecule has 0 amide bonds. The van der Waals surface area contributed by atoms with E-state index in [1.807, 2.05) is 13.8 Å². The molecular weight excluding hydrogens is 356 g/mol. The summed E-state index contributed by atoms with van der Waals surface area (Å²) in [6, 6.07) is -0.439. The van der Waals surface area contributed by atoms with Crippen LogP contribution in [0.2, 0.25) is 0 Å². The van der Waals surface area contributed by atoms with Gasteiger partial charge in [-0.3, -0.25) is 0 Å². The average Bonchev–Trinajstić information content (AvgIpc) is 2.98. The van der Waals surface area contributed by atoms with E-state index in [1.165, 1.54) is 0 Å². The van der Waals surface area contributed by atoms with Crippen LogP contribution in [0, 0.1) is 24.3 Å². The van der Waals surface area contributed by atoms with Gasteiger partial charge in [-0.2, -0.15) is 0 Å². The van der Waals surface area contributed by atoms with E-state index in [4.69, 9.17) is 23.5 Å². The summed E-state index contributed by atoms with van der Waals surface area (Å²) < 4.78 is 6.54. The van der Waals surface area contributed by atoms with Crippen molar-refractivity contribution in [3.8, 4) is 0 Å². The smallest absolute Gasteiger partial charge is 0.255 e. The molecule has 0 aromatic rings. The number of fused-ring (bicyclic) bond motifs is 1. The van der Waals surface area contributed by atoms with Crippen molar-refractivity contribution >= 4 is 17.4 Å². The van der Waals surface area contributed by atoms with Crippen LogP contribution in [0.15, 0.2) is 17.1 Å². The molecule has 27 heavy (non-hydrogen) atoms. The zero-order chi connectivity index (χ0) is 20.0. The molecule has 1 N–H and O–H groups in total. The van der Waals surface area contributed by atoms with Gasteiger partial charge in [-0.25, -0.2) is 11.6 Å². The van der Waals surface area contributed by atoms with Crippen molar-refractivity contribution < 1.29 is 9.84 Å². The van der Waals surface area contributed by atoms with Gasteiger partial charge in [-0.05, 0) is 90.3 Å². The number of ether oxygens (including phenoxy) is 1. The Kier molecular flexibility index (Phi) is 5.42. The molecule has 3 rings (SSSR count). The van der Waals surface area contributed by atoms with Crippen LogP contribution in [0.5, 0.6) is 0 Å². The maximum absolute atomic E-state index is 11.0. The Morgan fingerprint density at radius 3 is 2.44 bits per heavy atom. The second-order valence-corrected chi connectivity index (χ2v) is 9.85. The first-order valence-electron chi connectivity index (χ1n) is 10.1. The van der Waals surface area contributed by atoms with E-state index in [1.54, 1.807) is 0 Å². The van der Waals surface area contributed by atoms with E-state index >= 15 is 0 Å². The summed E-state index contributed by atoms with van der Waals surface area (Å²) >= 11 is 4.94. The summed E-state index contributed by atoms with van der Waals surface area (Å²) in [6.45, 7) is 20.2. The average molecular weight is 389 g/mol. The topological polar surface area (TPSA) is 46.2 Å². The van der Waals surface area contributed by atoms with Crippen LogP contribution in [0.3, 0.4) is 0 Å². The van der Waals surface area contributed by atoms with Gasteiger partial charge >= 0.3 is 0 Å². The number of aliphatic hydroxyl groups is 1. The highest BCUT2D eigenvalue weighted by Crippen LogP contribution is 2.58. The number of thiocarbonyl (C=S) groups is 1. The van der Waals surface area contributed by atoms with Gasteiger partial charge in [0.1, 0.15) is 5.60 Å². The Labute approximate surface area is 168 Å². The Bertz CT molecular complexity index is 708. The normalized spacial score (nSPS) is 49.6. The van der Waals surface area contributed by atoms with Crippen molar-refractivity contribution in [1.82, 2.24) is 0 Å². The zero-order valence-corrected chi connectivity index (χ0v) is 17.8. The highest BCUT2D eigenvalue weighted by molar-refractivity contribution is 7.78. The van der Waals surface area contributed by atoms with E-state index < -0.39 is 11.6 Å². The fourth-order valence-corrected chi connectivity index (χ4v) is 6.34. The van der Waals surface area contributed by atoms with Crippen LogP contribution in [0.1, 0.15) is 66.2 Å². The first-order chi connectivity index (χ1) is 12.6. The van der Waals surface area contributed by atoms with Crippen molar-refractivity contribution in [2.24, 2.45) is 22.7 Å². The molecule has 0 aromatic heterocycles. The summed E-state index contributed by atoms with van der Waals surface area (Å²) in [7, 11) is 0. The van der Waals surface area contributed by atoms with Crippen molar-refractivity contribution in [2.45, 2.75) is 95.1 Å². The van der Waals surface area contributed by atoms with Crippen LogP contribution < -0.4 is 0 Å². The molecule has 0 spiro atoms. The van der Waals surface area contributed by atoms with Gasteiger partial charge in [0.05, 0.1) is 22.4 Å². The Morgan fingerprint density at radius 2 is 1.89 bits per heavy atom. The molecule has 0 bridgehead atoms. The lowest BCUT2D eigenvalue weighted by atomic mass is 9.51. The molecule has 1 saturated heterocycles. The molecule has 1 heterocycles. The minimum atomic E-state index is -0.969. The molecule has 3 aliphatic rings. The standard InChI is InChI=1S/C22H32N2O2S/c1-14(2)17-9-12-22(5,26-17)16-7-10-20(3,24-13-27)15-8-11-21(4,25)19(23-6)18(15)16/h15-19,25H,1,7-12H2,2-5H3/t15-,16-,17-,18-,19+,20-,21+,22+/m1/s1. The Morgan fingerprint density at radius 1 is 1.22 bits per heavy atom. The van der Waals surface area contributed by atoms with Gasteiger partial charge < -0.3 is 14.7 Å².